The molecule has 2 N–H and O–H groups in total. The second-order valence-electron chi connectivity index (χ2n) is 8.39. The molecular formula is C23H37NO6. The first kappa shape index (κ1) is 24.4. The third kappa shape index (κ3) is 8.46. The summed E-state index contributed by atoms with van der Waals surface area (Å²) in [5, 5.41) is 11.6. The van der Waals surface area contributed by atoms with E-state index in [2.05, 4.69) is 18.3 Å². The maximum Gasteiger partial charge on any atom is 0.306 e. The fourth-order valence-electron chi connectivity index (χ4n) is 4.42. The van der Waals surface area contributed by atoms with E-state index in [1.807, 2.05) is 6.08 Å². The average Bonchev–Trinajstić information content (AvgIpc) is 3.32. The number of hydrogen-bond donors (Lipinski definition) is 2. The van der Waals surface area contributed by atoms with Gasteiger partial charge in [-0.15, -0.1) is 0 Å². The number of hydrogen-bond acceptors (Lipinski definition) is 5. The standard InChI is InChI=1S/C23H37NO6/c1-2-3-4-9-12-23(28)29-16-21(25)24-15-18-17(19-13-14-20(18)30-19)10-7-5-6-8-11-22(26)27/h5,7,17-20H,2-4,6,8-16H2,1H3,(H,24,25)(H,26,27)/b7-5+. The molecule has 1 amide bonds. The van der Waals surface area contributed by atoms with Crippen LogP contribution in [0.1, 0.15) is 77.6 Å². The molecule has 2 fully saturated rings. The smallest absolute Gasteiger partial charge is 0.306 e. The minimum Gasteiger partial charge on any atom is -0.481 e. The Labute approximate surface area is 179 Å². The molecule has 2 heterocycles. The van der Waals surface area contributed by atoms with Crippen molar-refractivity contribution in [2.45, 2.75) is 89.8 Å². The fraction of sp³-hybridized carbons (Fsp3) is 0.783. The van der Waals surface area contributed by atoms with Crippen LogP contribution in [0.3, 0.4) is 0 Å². The molecule has 0 aromatic rings. The van der Waals surface area contributed by atoms with Gasteiger partial charge in [0.2, 0.25) is 0 Å². The van der Waals surface area contributed by atoms with Gasteiger partial charge in [0.25, 0.3) is 5.91 Å². The van der Waals surface area contributed by atoms with Gasteiger partial charge in [0.1, 0.15) is 0 Å². The molecule has 2 aliphatic rings. The molecule has 4 atom stereocenters. The zero-order valence-electron chi connectivity index (χ0n) is 18.1. The van der Waals surface area contributed by atoms with Crippen LogP contribution in [-0.4, -0.2) is 48.3 Å². The first-order valence-corrected chi connectivity index (χ1v) is 11.5. The van der Waals surface area contributed by atoms with Crippen molar-refractivity contribution < 1.29 is 29.0 Å². The highest BCUT2D eigenvalue weighted by atomic mass is 16.5. The Bertz CT molecular complexity index is 590. The van der Waals surface area contributed by atoms with Gasteiger partial charge < -0.3 is 19.9 Å². The third-order valence-corrected chi connectivity index (χ3v) is 6.06. The predicted molar refractivity (Wildman–Crippen MR) is 113 cm³/mol. The van der Waals surface area contributed by atoms with Gasteiger partial charge in [0.05, 0.1) is 12.2 Å². The highest BCUT2D eigenvalue weighted by molar-refractivity contribution is 5.80. The zero-order chi connectivity index (χ0) is 21.8. The van der Waals surface area contributed by atoms with Crippen molar-refractivity contribution in [1.29, 1.82) is 0 Å². The van der Waals surface area contributed by atoms with Gasteiger partial charge in [-0.05, 0) is 44.4 Å². The molecule has 2 aliphatic heterocycles. The van der Waals surface area contributed by atoms with Crippen LogP contribution in [0.15, 0.2) is 12.2 Å². The van der Waals surface area contributed by atoms with Crippen LogP contribution >= 0.6 is 0 Å². The van der Waals surface area contributed by atoms with Crippen molar-refractivity contribution in [1.82, 2.24) is 5.32 Å². The number of carboxylic acid groups (broad SMARTS) is 1. The second kappa shape index (κ2) is 13.4. The largest absolute Gasteiger partial charge is 0.481 e. The minimum absolute atomic E-state index is 0.182. The molecule has 0 aromatic carbocycles. The normalized spacial score (nSPS) is 25.0. The molecule has 0 saturated carbocycles. The van der Waals surface area contributed by atoms with Gasteiger partial charge in [-0.1, -0.05) is 38.3 Å². The topological polar surface area (TPSA) is 102 Å². The summed E-state index contributed by atoms with van der Waals surface area (Å²) in [7, 11) is 0. The molecule has 0 aromatic heterocycles. The lowest BCUT2D eigenvalue weighted by molar-refractivity contribution is -0.148. The molecule has 170 valence electrons. The maximum atomic E-state index is 12.1. The maximum absolute atomic E-state index is 12.1. The number of carbonyl (C=O) groups is 3. The van der Waals surface area contributed by atoms with Crippen LogP contribution in [0.5, 0.6) is 0 Å². The fourth-order valence-corrected chi connectivity index (χ4v) is 4.42. The van der Waals surface area contributed by atoms with Gasteiger partial charge in [-0.2, -0.15) is 0 Å². The van der Waals surface area contributed by atoms with Crippen molar-refractivity contribution >= 4 is 17.8 Å². The minimum atomic E-state index is -0.761. The van der Waals surface area contributed by atoms with Crippen LogP contribution < -0.4 is 5.32 Å². The molecule has 2 saturated heterocycles. The van der Waals surface area contributed by atoms with E-state index in [9.17, 15) is 14.4 Å². The highest BCUT2D eigenvalue weighted by Crippen LogP contribution is 2.44. The van der Waals surface area contributed by atoms with E-state index >= 15 is 0 Å². The van der Waals surface area contributed by atoms with Crippen LogP contribution in [0.2, 0.25) is 0 Å². The van der Waals surface area contributed by atoms with Crippen molar-refractivity contribution in [2.24, 2.45) is 11.8 Å². The zero-order valence-corrected chi connectivity index (χ0v) is 18.1. The number of ether oxygens (including phenoxy) is 2. The van der Waals surface area contributed by atoms with E-state index in [4.69, 9.17) is 14.6 Å². The quantitative estimate of drug-likeness (QED) is 0.237. The van der Waals surface area contributed by atoms with E-state index in [1.165, 1.54) is 0 Å². The van der Waals surface area contributed by atoms with Crippen LogP contribution in [0, 0.1) is 11.8 Å². The first-order valence-electron chi connectivity index (χ1n) is 11.5. The number of carboxylic acids is 1. The van der Waals surface area contributed by atoms with E-state index in [0.717, 1.165) is 51.4 Å². The van der Waals surface area contributed by atoms with Crippen LogP contribution in [0.4, 0.5) is 0 Å². The third-order valence-electron chi connectivity index (χ3n) is 6.06. The number of allylic oxidation sites excluding steroid dienone is 2. The summed E-state index contributed by atoms with van der Waals surface area (Å²) in [6.07, 6.45) is 13.6. The van der Waals surface area contributed by atoms with E-state index < -0.39 is 5.97 Å². The summed E-state index contributed by atoms with van der Waals surface area (Å²) in [5.74, 6) is -0.706. The lowest BCUT2D eigenvalue weighted by atomic mass is 9.77. The van der Waals surface area contributed by atoms with Gasteiger partial charge in [0.15, 0.2) is 6.61 Å². The summed E-state index contributed by atoms with van der Waals surface area (Å²) in [5.41, 5.74) is 0. The monoisotopic (exact) mass is 423 g/mol. The summed E-state index contributed by atoms with van der Waals surface area (Å²) in [6.45, 7) is 2.43. The average molecular weight is 424 g/mol. The van der Waals surface area contributed by atoms with Crippen molar-refractivity contribution in [3.05, 3.63) is 12.2 Å². The van der Waals surface area contributed by atoms with E-state index in [1.54, 1.807) is 0 Å². The summed E-state index contributed by atoms with van der Waals surface area (Å²) in [4.78, 5) is 34.3. The van der Waals surface area contributed by atoms with Gasteiger partial charge in [-0.25, -0.2) is 0 Å². The first-order chi connectivity index (χ1) is 14.5. The number of carbonyl (C=O) groups excluding carboxylic acids is 2. The molecule has 0 radical (unpaired) electrons. The predicted octanol–water partition coefficient (Wildman–Crippen LogP) is 3.61. The second-order valence-corrected chi connectivity index (χ2v) is 8.39. The van der Waals surface area contributed by atoms with Crippen LogP contribution in [-0.2, 0) is 23.9 Å². The SMILES string of the molecule is CCCCCCC(=O)OCC(=O)NCC1C2CCC(O2)C1C/C=C/CCCC(=O)O. The number of nitrogens with one attached hydrogen (secondary N) is 1. The van der Waals surface area contributed by atoms with Gasteiger partial charge in [0, 0.05) is 25.3 Å². The number of fused-ring (bicyclic) bond motifs is 2. The number of rotatable bonds is 15. The molecule has 30 heavy (non-hydrogen) atoms. The van der Waals surface area contributed by atoms with Crippen molar-refractivity contribution in [3.63, 3.8) is 0 Å². The Balaban J connectivity index is 1.66. The summed E-state index contributed by atoms with van der Waals surface area (Å²) in [6, 6.07) is 0. The number of aliphatic carboxylic acids is 1. The molecule has 7 nitrogen and oxygen atoms in total. The Hall–Kier alpha value is -1.89. The number of esters is 1. The summed E-state index contributed by atoms with van der Waals surface area (Å²) < 4.78 is 11.1. The number of unbranched alkanes of at least 4 members (excludes halogenated alkanes) is 4. The number of amides is 1. The van der Waals surface area contributed by atoms with Gasteiger partial charge in [-0.3, -0.25) is 14.4 Å². The molecule has 2 bridgehead atoms. The Kier molecular flexibility index (Phi) is 10.9. The van der Waals surface area contributed by atoms with Crippen molar-refractivity contribution in [2.75, 3.05) is 13.2 Å². The van der Waals surface area contributed by atoms with Gasteiger partial charge >= 0.3 is 11.9 Å². The molecule has 7 heteroatoms. The molecule has 4 unspecified atom stereocenters. The Morgan fingerprint density at radius 2 is 1.80 bits per heavy atom. The molecular weight excluding hydrogens is 386 g/mol. The lowest BCUT2D eigenvalue weighted by Gasteiger charge is -2.27. The lowest BCUT2D eigenvalue weighted by Crippen LogP contribution is -2.39. The Morgan fingerprint density at radius 3 is 2.53 bits per heavy atom. The van der Waals surface area contributed by atoms with E-state index in [0.29, 0.717) is 25.3 Å². The molecule has 0 spiro atoms. The summed E-state index contributed by atoms with van der Waals surface area (Å²) >= 11 is 0. The molecule has 2 rings (SSSR count). The molecule has 0 aliphatic carbocycles. The van der Waals surface area contributed by atoms with Crippen LogP contribution in [0.25, 0.3) is 0 Å². The Morgan fingerprint density at radius 1 is 1.03 bits per heavy atom. The van der Waals surface area contributed by atoms with E-state index in [-0.39, 0.29) is 43.0 Å². The van der Waals surface area contributed by atoms with Crippen molar-refractivity contribution in [3.8, 4) is 0 Å². The highest BCUT2D eigenvalue weighted by Gasteiger charge is 2.47.